The summed E-state index contributed by atoms with van der Waals surface area (Å²) in [5.74, 6) is 6.40. The fourth-order valence-electron chi connectivity index (χ4n) is 1.50. The van der Waals surface area contributed by atoms with Gasteiger partial charge in [-0.1, -0.05) is 0 Å². The highest BCUT2D eigenvalue weighted by atomic mass is 32.1. The Morgan fingerprint density at radius 3 is 2.73 bits per heavy atom. The molecule has 2 aromatic rings. The van der Waals surface area contributed by atoms with Crippen molar-refractivity contribution in [3.63, 3.8) is 0 Å². The van der Waals surface area contributed by atoms with Crippen LogP contribution in [0, 0.1) is 13.8 Å². The van der Waals surface area contributed by atoms with Crippen LogP contribution in [0.3, 0.4) is 0 Å². The van der Waals surface area contributed by atoms with Crippen LogP contribution in [0.1, 0.15) is 27.1 Å². The molecule has 3 N–H and O–H groups in total. The predicted octanol–water partition coefficient (Wildman–Crippen LogP) is 2.51. The number of thiophene rings is 1. The predicted molar refractivity (Wildman–Crippen MR) is 61.7 cm³/mol. The first-order valence-corrected chi connectivity index (χ1v) is 5.60. The largest absolute Gasteiger partial charge is 0.467 e. The fourth-order valence-corrected chi connectivity index (χ4v) is 2.62. The number of nitrogens with one attached hydrogen (secondary N) is 1. The number of hydrazine groups is 1. The van der Waals surface area contributed by atoms with E-state index in [-0.39, 0.29) is 6.04 Å². The summed E-state index contributed by atoms with van der Waals surface area (Å²) in [6.07, 6.45) is 1.66. The van der Waals surface area contributed by atoms with Crippen molar-refractivity contribution in [1.29, 1.82) is 0 Å². The van der Waals surface area contributed by atoms with Crippen molar-refractivity contribution in [1.82, 2.24) is 5.43 Å². The number of aryl methyl sites for hydroxylation is 2. The first-order valence-electron chi connectivity index (χ1n) is 4.79. The van der Waals surface area contributed by atoms with Gasteiger partial charge in [0.25, 0.3) is 0 Å². The number of hydrogen-bond donors (Lipinski definition) is 2. The van der Waals surface area contributed by atoms with E-state index >= 15 is 0 Å². The lowest BCUT2D eigenvalue weighted by atomic mass is 10.1. The molecule has 0 radical (unpaired) electrons. The standard InChI is InChI=1S/C11H14N2OS/c1-7-6-10(15-8(7)2)11(13-12)9-4-3-5-14-9/h3-6,11,13H,12H2,1-2H3. The molecule has 2 rings (SSSR count). The molecule has 0 saturated carbocycles. The monoisotopic (exact) mass is 222 g/mol. The smallest absolute Gasteiger partial charge is 0.127 e. The van der Waals surface area contributed by atoms with Crippen molar-refractivity contribution in [3.05, 3.63) is 45.5 Å². The summed E-state index contributed by atoms with van der Waals surface area (Å²) in [6, 6.07) is 5.90. The fraction of sp³-hybridized carbons (Fsp3) is 0.273. The van der Waals surface area contributed by atoms with Gasteiger partial charge < -0.3 is 4.42 Å². The molecule has 0 fully saturated rings. The van der Waals surface area contributed by atoms with Crippen LogP contribution in [0.5, 0.6) is 0 Å². The molecule has 2 heterocycles. The van der Waals surface area contributed by atoms with Gasteiger partial charge in [-0.05, 0) is 37.6 Å². The third-order valence-electron chi connectivity index (χ3n) is 2.46. The van der Waals surface area contributed by atoms with Gasteiger partial charge in [0, 0.05) is 9.75 Å². The Labute approximate surface area is 92.9 Å². The van der Waals surface area contributed by atoms with Crippen LogP contribution in [0.2, 0.25) is 0 Å². The van der Waals surface area contributed by atoms with E-state index in [1.165, 1.54) is 15.3 Å². The molecule has 0 bridgehead atoms. The van der Waals surface area contributed by atoms with E-state index in [0.717, 1.165) is 5.76 Å². The van der Waals surface area contributed by atoms with E-state index in [4.69, 9.17) is 10.3 Å². The Morgan fingerprint density at radius 2 is 2.27 bits per heavy atom. The molecule has 0 spiro atoms. The van der Waals surface area contributed by atoms with Crippen molar-refractivity contribution >= 4 is 11.3 Å². The quantitative estimate of drug-likeness (QED) is 0.619. The molecule has 3 nitrogen and oxygen atoms in total. The molecule has 1 unspecified atom stereocenters. The SMILES string of the molecule is Cc1cc(C(NN)c2ccco2)sc1C. The molecule has 0 aromatic carbocycles. The van der Waals surface area contributed by atoms with Crippen molar-refractivity contribution in [2.24, 2.45) is 5.84 Å². The molecule has 0 saturated heterocycles. The second-order valence-electron chi connectivity index (χ2n) is 3.50. The molecule has 0 aliphatic carbocycles. The van der Waals surface area contributed by atoms with Crippen LogP contribution < -0.4 is 11.3 Å². The zero-order chi connectivity index (χ0) is 10.8. The summed E-state index contributed by atoms with van der Waals surface area (Å²) in [6.45, 7) is 4.21. The van der Waals surface area contributed by atoms with Gasteiger partial charge in [0.1, 0.15) is 11.8 Å². The lowest BCUT2D eigenvalue weighted by molar-refractivity contribution is 0.455. The van der Waals surface area contributed by atoms with Crippen LogP contribution >= 0.6 is 11.3 Å². The summed E-state index contributed by atoms with van der Waals surface area (Å²) < 4.78 is 5.35. The van der Waals surface area contributed by atoms with Crippen LogP contribution in [0.15, 0.2) is 28.9 Å². The molecule has 80 valence electrons. The number of nitrogens with two attached hydrogens (primary N) is 1. The highest BCUT2D eigenvalue weighted by Gasteiger charge is 2.17. The van der Waals surface area contributed by atoms with E-state index < -0.39 is 0 Å². The Bertz CT molecular complexity index is 414. The topological polar surface area (TPSA) is 51.2 Å². The van der Waals surface area contributed by atoms with Crippen LogP contribution in [0.4, 0.5) is 0 Å². The van der Waals surface area contributed by atoms with Crippen molar-refractivity contribution in [3.8, 4) is 0 Å². The first kappa shape index (κ1) is 10.4. The third kappa shape index (κ3) is 1.97. The summed E-state index contributed by atoms with van der Waals surface area (Å²) in [5.41, 5.74) is 4.07. The minimum absolute atomic E-state index is 0.0441. The van der Waals surface area contributed by atoms with Gasteiger partial charge in [-0.3, -0.25) is 5.84 Å². The Balaban J connectivity index is 2.35. The minimum Gasteiger partial charge on any atom is -0.467 e. The highest BCUT2D eigenvalue weighted by Crippen LogP contribution is 2.30. The van der Waals surface area contributed by atoms with Gasteiger partial charge in [0.05, 0.1) is 6.26 Å². The Hall–Kier alpha value is -1.10. The molecule has 15 heavy (non-hydrogen) atoms. The van der Waals surface area contributed by atoms with E-state index in [0.29, 0.717) is 0 Å². The average Bonchev–Trinajstić information content (AvgIpc) is 2.80. The molecular weight excluding hydrogens is 208 g/mol. The van der Waals surface area contributed by atoms with Crippen LogP contribution in [-0.2, 0) is 0 Å². The van der Waals surface area contributed by atoms with Gasteiger partial charge in [-0.2, -0.15) is 0 Å². The summed E-state index contributed by atoms with van der Waals surface area (Å²) in [7, 11) is 0. The number of hydrogen-bond acceptors (Lipinski definition) is 4. The van der Waals surface area contributed by atoms with Crippen LogP contribution in [-0.4, -0.2) is 0 Å². The van der Waals surface area contributed by atoms with E-state index in [9.17, 15) is 0 Å². The molecule has 0 amide bonds. The summed E-state index contributed by atoms with van der Waals surface area (Å²) in [5, 5.41) is 0. The van der Waals surface area contributed by atoms with Crippen LogP contribution in [0.25, 0.3) is 0 Å². The van der Waals surface area contributed by atoms with Gasteiger partial charge in [-0.15, -0.1) is 11.3 Å². The molecule has 0 aliphatic heterocycles. The third-order valence-corrected chi connectivity index (χ3v) is 3.68. The van der Waals surface area contributed by atoms with E-state index in [2.05, 4.69) is 25.3 Å². The zero-order valence-electron chi connectivity index (χ0n) is 8.78. The first-order chi connectivity index (χ1) is 7.22. The lowest BCUT2D eigenvalue weighted by Gasteiger charge is -2.10. The van der Waals surface area contributed by atoms with E-state index in [1.54, 1.807) is 17.6 Å². The second kappa shape index (κ2) is 4.18. The maximum atomic E-state index is 5.55. The number of furan rings is 1. The zero-order valence-corrected chi connectivity index (χ0v) is 9.60. The lowest BCUT2D eigenvalue weighted by Crippen LogP contribution is -2.27. The van der Waals surface area contributed by atoms with Gasteiger partial charge in [-0.25, -0.2) is 5.43 Å². The molecular formula is C11H14N2OS. The Kier molecular flexibility index (Phi) is 2.90. The Morgan fingerprint density at radius 1 is 1.47 bits per heavy atom. The maximum absolute atomic E-state index is 5.55. The highest BCUT2D eigenvalue weighted by molar-refractivity contribution is 7.12. The summed E-state index contributed by atoms with van der Waals surface area (Å²) >= 11 is 1.74. The molecule has 1 atom stereocenters. The van der Waals surface area contributed by atoms with E-state index in [1.807, 2.05) is 12.1 Å². The number of rotatable bonds is 3. The molecule has 4 heteroatoms. The van der Waals surface area contributed by atoms with Crippen molar-refractivity contribution < 1.29 is 4.42 Å². The average molecular weight is 222 g/mol. The normalized spacial score (nSPS) is 13.0. The second-order valence-corrected chi connectivity index (χ2v) is 4.79. The van der Waals surface area contributed by atoms with Crippen molar-refractivity contribution in [2.45, 2.75) is 19.9 Å². The summed E-state index contributed by atoms with van der Waals surface area (Å²) in [4.78, 5) is 2.50. The minimum atomic E-state index is -0.0441. The maximum Gasteiger partial charge on any atom is 0.127 e. The van der Waals surface area contributed by atoms with Gasteiger partial charge >= 0.3 is 0 Å². The molecule has 0 aliphatic rings. The molecule has 2 aromatic heterocycles. The van der Waals surface area contributed by atoms with Crippen molar-refractivity contribution in [2.75, 3.05) is 0 Å². The van der Waals surface area contributed by atoms with Gasteiger partial charge in [0.15, 0.2) is 0 Å². The van der Waals surface area contributed by atoms with Gasteiger partial charge in [0.2, 0.25) is 0 Å².